The summed E-state index contributed by atoms with van der Waals surface area (Å²) in [7, 11) is 2.21. The van der Waals surface area contributed by atoms with E-state index in [0.29, 0.717) is 5.92 Å². The fourth-order valence-electron chi connectivity index (χ4n) is 3.06. The van der Waals surface area contributed by atoms with Crippen molar-refractivity contribution >= 4 is 0 Å². The average Bonchev–Trinajstić information content (AvgIpc) is 2.38. The Balaban J connectivity index is 2.05. The van der Waals surface area contributed by atoms with Gasteiger partial charge in [0.15, 0.2) is 0 Å². The van der Waals surface area contributed by atoms with Gasteiger partial charge in [0.05, 0.1) is 0 Å². The maximum absolute atomic E-state index is 2.42. The van der Waals surface area contributed by atoms with E-state index in [-0.39, 0.29) is 0 Å². The molecule has 98 valence electrons. The Hall–Kier alpha value is -1.60. The van der Waals surface area contributed by atoms with Gasteiger partial charge in [-0.05, 0) is 37.6 Å². The van der Waals surface area contributed by atoms with E-state index in [1.807, 2.05) is 0 Å². The summed E-state index contributed by atoms with van der Waals surface area (Å²) >= 11 is 0. The molecule has 0 fully saturated rings. The van der Waals surface area contributed by atoms with Crippen molar-refractivity contribution in [3.8, 4) is 0 Å². The van der Waals surface area contributed by atoms with E-state index in [1.165, 1.54) is 27.8 Å². The normalized spacial score (nSPS) is 19.2. The quantitative estimate of drug-likeness (QED) is 0.743. The van der Waals surface area contributed by atoms with E-state index in [1.54, 1.807) is 0 Å². The van der Waals surface area contributed by atoms with Gasteiger partial charge < -0.3 is 4.90 Å². The van der Waals surface area contributed by atoms with Crippen LogP contribution in [-0.4, -0.2) is 18.5 Å². The first-order valence-electron chi connectivity index (χ1n) is 6.98. The van der Waals surface area contributed by atoms with Crippen molar-refractivity contribution in [1.29, 1.82) is 0 Å². The molecule has 1 heterocycles. The maximum atomic E-state index is 2.42. The van der Waals surface area contributed by atoms with Crippen LogP contribution in [0.3, 0.4) is 0 Å². The molecule has 1 nitrogen and oxygen atoms in total. The van der Waals surface area contributed by atoms with Gasteiger partial charge in [-0.25, -0.2) is 0 Å². The summed E-state index contributed by atoms with van der Waals surface area (Å²) in [6.45, 7) is 6.50. The second kappa shape index (κ2) is 4.82. The van der Waals surface area contributed by atoms with Gasteiger partial charge in [0.25, 0.3) is 0 Å². The molecular weight excluding hydrogens is 230 g/mol. The third-order valence-corrected chi connectivity index (χ3v) is 4.09. The molecule has 0 unspecified atom stereocenters. The molecule has 19 heavy (non-hydrogen) atoms. The minimum Gasteiger partial charge on any atom is -0.301 e. The zero-order valence-corrected chi connectivity index (χ0v) is 12.0. The topological polar surface area (TPSA) is 3.24 Å². The first-order chi connectivity index (χ1) is 9.13. The molecule has 0 bridgehead atoms. The number of fused-ring (bicyclic) bond motifs is 1. The molecule has 0 radical (unpaired) electrons. The molecule has 0 N–H and O–H groups in total. The predicted octanol–water partition coefficient (Wildman–Crippen LogP) is 3.88. The SMILES string of the molecule is Cc1ccc([C@H]2CN(C)Cc3cc(C)ccc32)cc1. The number of hydrogen-bond acceptors (Lipinski definition) is 1. The number of nitrogens with zero attached hydrogens (tertiary/aromatic N) is 1. The van der Waals surface area contributed by atoms with Crippen molar-refractivity contribution in [2.75, 3.05) is 13.6 Å². The monoisotopic (exact) mass is 251 g/mol. The van der Waals surface area contributed by atoms with Crippen LogP contribution >= 0.6 is 0 Å². The van der Waals surface area contributed by atoms with Crippen LogP contribution in [0.4, 0.5) is 0 Å². The van der Waals surface area contributed by atoms with Gasteiger partial charge >= 0.3 is 0 Å². The van der Waals surface area contributed by atoms with Crippen LogP contribution in [0.5, 0.6) is 0 Å². The fourth-order valence-corrected chi connectivity index (χ4v) is 3.06. The summed E-state index contributed by atoms with van der Waals surface area (Å²) in [4.78, 5) is 2.42. The highest BCUT2D eigenvalue weighted by atomic mass is 15.1. The summed E-state index contributed by atoms with van der Waals surface area (Å²) in [6.07, 6.45) is 0. The lowest BCUT2D eigenvalue weighted by molar-refractivity contribution is 0.295. The van der Waals surface area contributed by atoms with E-state index in [9.17, 15) is 0 Å². The van der Waals surface area contributed by atoms with Crippen molar-refractivity contribution < 1.29 is 0 Å². The number of aryl methyl sites for hydroxylation is 2. The lowest BCUT2D eigenvalue weighted by Crippen LogP contribution is -2.31. The largest absolute Gasteiger partial charge is 0.301 e. The first kappa shape index (κ1) is 12.4. The maximum Gasteiger partial charge on any atom is 0.0234 e. The summed E-state index contributed by atoms with van der Waals surface area (Å²) in [5.41, 5.74) is 7.11. The molecule has 1 aliphatic heterocycles. The molecule has 1 aliphatic rings. The Morgan fingerprint density at radius 1 is 0.947 bits per heavy atom. The van der Waals surface area contributed by atoms with Gasteiger partial charge in [0.1, 0.15) is 0 Å². The van der Waals surface area contributed by atoms with Crippen LogP contribution in [0.2, 0.25) is 0 Å². The van der Waals surface area contributed by atoms with E-state index >= 15 is 0 Å². The minimum atomic E-state index is 0.509. The standard InChI is InChI=1S/C18H21N/c1-13-4-7-15(8-5-13)18-12-19(3)11-16-10-14(2)6-9-17(16)18/h4-10,18H,11-12H2,1-3H3/t18-/m1/s1. The van der Waals surface area contributed by atoms with Crippen molar-refractivity contribution in [2.45, 2.75) is 26.3 Å². The van der Waals surface area contributed by atoms with Crippen molar-refractivity contribution in [3.63, 3.8) is 0 Å². The van der Waals surface area contributed by atoms with Gasteiger partial charge in [-0.15, -0.1) is 0 Å². The molecule has 3 rings (SSSR count). The van der Waals surface area contributed by atoms with Crippen LogP contribution in [0.15, 0.2) is 42.5 Å². The Morgan fingerprint density at radius 3 is 2.37 bits per heavy atom. The van der Waals surface area contributed by atoms with E-state index in [0.717, 1.165) is 13.1 Å². The van der Waals surface area contributed by atoms with E-state index < -0.39 is 0 Å². The van der Waals surface area contributed by atoms with Crippen LogP contribution in [-0.2, 0) is 6.54 Å². The molecule has 1 heteroatoms. The smallest absolute Gasteiger partial charge is 0.0234 e. The highest BCUT2D eigenvalue weighted by Crippen LogP contribution is 2.33. The minimum absolute atomic E-state index is 0.509. The molecule has 0 saturated heterocycles. The molecule has 0 aromatic heterocycles. The Bertz CT molecular complexity index is 583. The average molecular weight is 251 g/mol. The number of hydrogen-bond donors (Lipinski definition) is 0. The van der Waals surface area contributed by atoms with Crippen molar-refractivity contribution in [3.05, 3.63) is 70.3 Å². The molecule has 2 aromatic rings. The lowest BCUT2D eigenvalue weighted by Gasteiger charge is -2.33. The van der Waals surface area contributed by atoms with E-state index in [2.05, 4.69) is 68.3 Å². The predicted molar refractivity (Wildman–Crippen MR) is 80.5 cm³/mol. The molecular formula is C18H21N. The summed E-state index contributed by atoms with van der Waals surface area (Å²) in [5.74, 6) is 0.509. The molecule has 1 atom stereocenters. The van der Waals surface area contributed by atoms with E-state index in [4.69, 9.17) is 0 Å². The van der Waals surface area contributed by atoms with Gasteiger partial charge in [0, 0.05) is 19.0 Å². The Labute approximate surface area is 115 Å². The fraction of sp³-hybridized carbons (Fsp3) is 0.333. The summed E-state index contributed by atoms with van der Waals surface area (Å²) in [6, 6.07) is 15.9. The lowest BCUT2D eigenvalue weighted by atomic mass is 9.84. The molecule has 0 saturated carbocycles. The van der Waals surface area contributed by atoms with Gasteiger partial charge in [0.2, 0.25) is 0 Å². The number of rotatable bonds is 1. The second-order valence-electron chi connectivity index (χ2n) is 5.86. The Kier molecular flexibility index (Phi) is 3.16. The number of likely N-dealkylation sites (N-methyl/N-ethyl adjacent to an activating group) is 1. The highest BCUT2D eigenvalue weighted by Gasteiger charge is 2.24. The van der Waals surface area contributed by atoms with Gasteiger partial charge in [-0.1, -0.05) is 53.6 Å². The second-order valence-corrected chi connectivity index (χ2v) is 5.86. The van der Waals surface area contributed by atoms with Crippen LogP contribution in [0.25, 0.3) is 0 Å². The summed E-state index contributed by atoms with van der Waals surface area (Å²) < 4.78 is 0. The first-order valence-corrected chi connectivity index (χ1v) is 6.98. The van der Waals surface area contributed by atoms with Crippen LogP contribution < -0.4 is 0 Å². The third kappa shape index (κ3) is 2.43. The summed E-state index contributed by atoms with van der Waals surface area (Å²) in [5, 5.41) is 0. The van der Waals surface area contributed by atoms with Crippen molar-refractivity contribution in [2.24, 2.45) is 0 Å². The zero-order chi connectivity index (χ0) is 13.4. The van der Waals surface area contributed by atoms with Crippen LogP contribution in [0, 0.1) is 13.8 Å². The highest BCUT2D eigenvalue weighted by molar-refractivity contribution is 5.42. The third-order valence-electron chi connectivity index (χ3n) is 4.09. The molecule has 0 aliphatic carbocycles. The van der Waals surface area contributed by atoms with Gasteiger partial charge in [-0.2, -0.15) is 0 Å². The van der Waals surface area contributed by atoms with Gasteiger partial charge in [-0.3, -0.25) is 0 Å². The molecule has 2 aromatic carbocycles. The molecule has 0 amide bonds. The Morgan fingerprint density at radius 2 is 1.63 bits per heavy atom. The molecule has 0 spiro atoms. The van der Waals surface area contributed by atoms with Crippen molar-refractivity contribution in [1.82, 2.24) is 4.90 Å². The number of benzene rings is 2. The van der Waals surface area contributed by atoms with Crippen LogP contribution in [0.1, 0.15) is 33.7 Å². The zero-order valence-electron chi connectivity index (χ0n) is 12.0.